The highest BCUT2D eigenvalue weighted by atomic mass is 79.9. The first-order valence-corrected chi connectivity index (χ1v) is 7.47. The molecule has 2 aromatic rings. The summed E-state index contributed by atoms with van der Waals surface area (Å²) in [6.07, 6.45) is 0. The van der Waals surface area contributed by atoms with Gasteiger partial charge in [-0.3, -0.25) is 4.99 Å². The molecule has 1 atom stereocenters. The van der Waals surface area contributed by atoms with Gasteiger partial charge in [0.1, 0.15) is 5.82 Å². The van der Waals surface area contributed by atoms with Crippen LogP contribution in [0.4, 0.5) is 10.1 Å². The normalized spacial score (nSPS) is 18.0. The van der Waals surface area contributed by atoms with Crippen LogP contribution in [-0.4, -0.2) is 12.5 Å². The van der Waals surface area contributed by atoms with Gasteiger partial charge in [-0.1, -0.05) is 40.2 Å². The topological polar surface area (TPSA) is 41.6 Å². The fourth-order valence-electron chi connectivity index (χ4n) is 2.58. The highest BCUT2D eigenvalue weighted by Gasteiger charge is 2.31. The molecule has 108 valence electrons. The lowest BCUT2D eigenvalue weighted by molar-refractivity contribution is 0.619. The molecule has 2 N–H and O–H groups in total. The molecule has 0 spiro atoms. The second-order valence-electron chi connectivity index (χ2n) is 5.06. The van der Waals surface area contributed by atoms with Crippen LogP contribution in [-0.2, 0) is 0 Å². The zero-order valence-electron chi connectivity index (χ0n) is 11.6. The van der Waals surface area contributed by atoms with Crippen LogP contribution >= 0.6 is 15.9 Å². The Morgan fingerprint density at radius 2 is 2.05 bits per heavy atom. The van der Waals surface area contributed by atoms with Crippen molar-refractivity contribution >= 4 is 27.6 Å². The number of nitrogens with zero attached hydrogens (tertiary/aromatic N) is 2. The van der Waals surface area contributed by atoms with E-state index in [4.69, 9.17) is 5.73 Å². The number of halogens is 2. The van der Waals surface area contributed by atoms with Gasteiger partial charge >= 0.3 is 0 Å². The van der Waals surface area contributed by atoms with Crippen molar-refractivity contribution in [2.24, 2.45) is 10.7 Å². The maximum absolute atomic E-state index is 14.1. The van der Waals surface area contributed by atoms with E-state index in [1.807, 2.05) is 25.1 Å². The third-order valence-corrected chi connectivity index (χ3v) is 4.30. The standard InChI is InChI=1S/C16H15BrFN3/c1-10-6-7-11(12(17)8-10)15-9-20-16(19)21(15)14-5-3-2-4-13(14)18/h2-8,15H,9H2,1H3,(H2,19,20). The van der Waals surface area contributed by atoms with E-state index in [2.05, 4.69) is 20.9 Å². The van der Waals surface area contributed by atoms with Crippen LogP contribution in [0.2, 0.25) is 0 Å². The van der Waals surface area contributed by atoms with Gasteiger partial charge < -0.3 is 10.6 Å². The Hall–Kier alpha value is -1.88. The molecule has 0 saturated heterocycles. The molecular formula is C16H15BrFN3. The number of hydrogen-bond donors (Lipinski definition) is 1. The molecule has 3 rings (SSSR count). The maximum Gasteiger partial charge on any atom is 0.196 e. The van der Waals surface area contributed by atoms with E-state index < -0.39 is 0 Å². The average Bonchev–Trinajstić information content (AvgIpc) is 2.81. The molecular weight excluding hydrogens is 333 g/mol. The third kappa shape index (κ3) is 2.53. The van der Waals surface area contributed by atoms with Crippen molar-refractivity contribution in [2.75, 3.05) is 11.4 Å². The monoisotopic (exact) mass is 347 g/mol. The lowest BCUT2D eigenvalue weighted by Gasteiger charge is -2.27. The number of anilines is 1. The number of rotatable bonds is 2. The summed E-state index contributed by atoms with van der Waals surface area (Å²) in [6, 6.07) is 12.6. The van der Waals surface area contributed by atoms with E-state index in [-0.39, 0.29) is 11.9 Å². The number of benzene rings is 2. The molecule has 0 amide bonds. The minimum Gasteiger partial charge on any atom is -0.369 e. The molecule has 0 aromatic heterocycles. The summed E-state index contributed by atoms with van der Waals surface area (Å²) in [5.74, 6) is 0.0448. The van der Waals surface area contributed by atoms with E-state index >= 15 is 0 Å². The molecule has 1 heterocycles. The zero-order valence-corrected chi connectivity index (χ0v) is 13.1. The summed E-state index contributed by atoms with van der Waals surface area (Å²) in [6.45, 7) is 2.55. The van der Waals surface area contributed by atoms with E-state index in [1.165, 1.54) is 6.07 Å². The molecule has 0 fully saturated rings. The number of aryl methyl sites for hydroxylation is 1. The Morgan fingerprint density at radius 3 is 2.76 bits per heavy atom. The molecule has 0 aliphatic carbocycles. The zero-order chi connectivity index (χ0) is 15.0. The highest BCUT2D eigenvalue weighted by molar-refractivity contribution is 9.10. The van der Waals surface area contributed by atoms with Crippen molar-refractivity contribution in [3.8, 4) is 0 Å². The van der Waals surface area contributed by atoms with E-state index in [1.54, 1.807) is 23.1 Å². The van der Waals surface area contributed by atoms with Gasteiger partial charge in [0, 0.05) is 4.47 Å². The van der Waals surface area contributed by atoms with Crippen LogP contribution < -0.4 is 10.6 Å². The number of guanidine groups is 1. The van der Waals surface area contributed by atoms with Gasteiger partial charge in [0.05, 0.1) is 18.3 Å². The first-order chi connectivity index (χ1) is 10.1. The van der Waals surface area contributed by atoms with Gasteiger partial charge in [-0.2, -0.15) is 0 Å². The fraction of sp³-hybridized carbons (Fsp3) is 0.188. The van der Waals surface area contributed by atoms with Gasteiger partial charge in [-0.15, -0.1) is 0 Å². The summed E-state index contributed by atoms with van der Waals surface area (Å²) in [5.41, 5.74) is 8.65. The van der Waals surface area contributed by atoms with Crippen LogP contribution in [0.1, 0.15) is 17.2 Å². The molecule has 2 aromatic carbocycles. The van der Waals surface area contributed by atoms with Crippen molar-refractivity contribution in [2.45, 2.75) is 13.0 Å². The fourth-order valence-corrected chi connectivity index (χ4v) is 3.33. The van der Waals surface area contributed by atoms with Gasteiger partial charge in [-0.05, 0) is 36.2 Å². The molecule has 21 heavy (non-hydrogen) atoms. The Kier molecular flexibility index (Phi) is 3.68. The number of hydrogen-bond acceptors (Lipinski definition) is 3. The molecule has 0 saturated carbocycles. The first-order valence-electron chi connectivity index (χ1n) is 6.67. The maximum atomic E-state index is 14.1. The molecule has 1 aliphatic heterocycles. The van der Waals surface area contributed by atoms with Crippen LogP contribution in [0, 0.1) is 12.7 Å². The summed E-state index contributed by atoms with van der Waals surface area (Å²) in [4.78, 5) is 6.04. The molecule has 1 unspecified atom stereocenters. The smallest absolute Gasteiger partial charge is 0.196 e. The Bertz CT molecular complexity index is 714. The van der Waals surface area contributed by atoms with Crippen molar-refractivity contribution in [1.29, 1.82) is 0 Å². The Balaban J connectivity index is 2.05. The van der Waals surface area contributed by atoms with E-state index in [9.17, 15) is 4.39 Å². The largest absolute Gasteiger partial charge is 0.369 e. The van der Waals surface area contributed by atoms with Crippen LogP contribution in [0.15, 0.2) is 51.9 Å². The van der Waals surface area contributed by atoms with Crippen molar-refractivity contribution in [3.63, 3.8) is 0 Å². The summed E-state index contributed by atoms with van der Waals surface area (Å²) < 4.78 is 15.1. The van der Waals surface area contributed by atoms with Gasteiger partial charge in [0.25, 0.3) is 0 Å². The lowest BCUT2D eigenvalue weighted by atomic mass is 10.0. The van der Waals surface area contributed by atoms with Crippen LogP contribution in [0.3, 0.4) is 0 Å². The van der Waals surface area contributed by atoms with E-state index in [0.29, 0.717) is 18.2 Å². The Labute approximate surface area is 131 Å². The van der Waals surface area contributed by atoms with Gasteiger partial charge in [0.15, 0.2) is 5.96 Å². The predicted molar refractivity (Wildman–Crippen MR) is 87.0 cm³/mol. The number of para-hydroxylation sites is 1. The number of aliphatic imine (C=N–C) groups is 1. The predicted octanol–water partition coefficient (Wildman–Crippen LogP) is 3.77. The SMILES string of the molecule is Cc1ccc(C2CN=C(N)N2c2ccccc2F)c(Br)c1. The van der Waals surface area contributed by atoms with Gasteiger partial charge in [0.2, 0.25) is 0 Å². The van der Waals surface area contributed by atoms with E-state index in [0.717, 1.165) is 15.6 Å². The minimum absolute atomic E-state index is 0.100. The molecule has 0 bridgehead atoms. The minimum atomic E-state index is -0.300. The lowest BCUT2D eigenvalue weighted by Crippen LogP contribution is -2.36. The highest BCUT2D eigenvalue weighted by Crippen LogP contribution is 2.36. The summed E-state index contributed by atoms with van der Waals surface area (Å²) >= 11 is 3.58. The first kappa shape index (κ1) is 14.1. The summed E-state index contributed by atoms with van der Waals surface area (Å²) in [5, 5.41) is 0. The number of nitrogens with two attached hydrogens (primary N) is 1. The van der Waals surface area contributed by atoms with Crippen LogP contribution in [0.25, 0.3) is 0 Å². The third-order valence-electron chi connectivity index (χ3n) is 3.61. The second kappa shape index (κ2) is 5.48. The molecule has 5 heteroatoms. The average molecular weight is 348 g/mol. The molecule has 3 nitrogen and oxygen atoms in total. The molecule has 0 radical (unpaired) electrons. The van der Waals surface area contributed by atoms with Crippen molar-refractivity contribution in [3.05, 3.63) is 63.9 Å². The second-order valence-corrected chi connectivity index (χ2v) is 5.92. The van der Waals surface area contributed by atoms with Crippen LogP contribution in [0.5, 0.6) is 0 Å². The van der Waals surface area contributed by atoms with Gasteiger partial charge in [-0.25, -0.2) is 4.39 Å². The van der Waals surface area contributed by atoms with Crippen molar-refractivity contribution < 1.29 is 4.39 Å². The van der Waals surface area contributed by atoms with Crippen molar-refractivity contribution in [1.82, 2.24) is 0 Å². The molecule has 1 aliphatic rings. The Morgan fingerprint density at radius 1 is 1.29 bits per heavy atom. The summed E-state index contributed by atoms with van der Waals surface area (Å²) in [7, 11) is 0. The quantitative estimate of drug-likeness (QED) is 0.898.